The first kappa shape index (κ1) is 16.4. The van der Waals surface area contributed by atoms with E-state index in [2.05, 4.69) is 31.3 Å². The molecule has 0 bridgehead atoms. The Morgan fingerprint density at radius 2 is 1.84 bits per heavy atom. The molecule has 0 saturated heterocycles. The second-order valence-corrected chi connectivity index (χ2v) is 5.57. The number of benzene rings is 2. The highest BCUT2D eigenvalue weighted by atomic mass is 16.2. The largest absolute Gasteiger partial charge is 0.339 e. The maximum Gasteiger partial charge on any atom is 0.339 e. The van der Waals surface area contributed by atoms with Crippen molar-refractivity contribution >= 4 is 17.9 Å². The summed E-state index contributed by atoms with van der Waals surface area (Å²) >= 11 is 0. The number of urea groups is 1. The van der Waals surface area contributed by atoms with Crippen LogP contribution in [0.5, 0.6) is 0 Å². The van der Waals surface area contributed by atoms with E-state index in [1.807, 2.05) is 56.3 Å². The first-order chi connectivity index (χ1) is 12.1. The number of aromatic amines is 1. The molecule has 0 aliphatic carbocycles. The highest BCUT2D eigenvalue weighted by Gasteiger charge is 2.05. The molecular weight excluding hydrogens is 316 g/mol. The summed E-state index contributed by atoms with van der Waals surface area (Å²) in [7, 11) is 0. The predicted molar refractivity (Wildman–Crippen MR) is 97.5 cm³/mol. The molecule has 3 N–H and O–H groups in total. The number of hydrazone groups is 1. The number of H-pyrrole nitrogens is 1. The van der Waals surface area contributed by atoms with E-state index in [9.17, 15) is 4.79 Å². The smallest absolute Gasteiger partial charge is 0.306 e. The van der Waals surface area contributed by atoms with Crippen molar-refractivity contribution in [2.75, 3.05) is 5.32 Å². The molecule has 0 saturated carbocycles. The van der Waals surface area contributed by atoms with Gasteiger partial charge in [-0.15, -0.1) is 0 Å². The number of carbonyl (C=O) groups excluding carboxylic acids is 1. The molecule has 1 heterocycles. The van der Waals surface area contributed by atoms with Crippen molar-refractivity contribution in [3.63, 3.8) is 0 Å². The molecule has 0 aliphatic rings. The Morgan fingerprint density at radius 1 is 1.12 bits per heavy atom. The van der Waals surface area contributed by atoms with Crippen LogP contribution in [0.3, 0.4) is 0 Å². The highest BCUT2D eigenvalue weighted by Crippen LogP contribution is 2.19. The van der Waals surface area contributed by atoms with Crippen LogP contribution in [0.4, 0.5) is 10.5 Å². The van der Waals surface area contributed by atoms with Gasteiger partial charge in [-0.2, -0.15) is 20.5 Å². The van der Waals surface area contributed by atoms with Crippen LogP contribution in [0.2, 0.25) is 0 Å². The summed E-state index contributed by atoms with van der Waals surface area (Å²) in [5.41, 5.74) is 7.86. The van der Waals surface area contributed by atoms with Gasteiger partial charge in [-0.1, -0.05) is 42.5 Å². The van der Waals surface area contributed by atoms with E-state index < -0.39 is 0 Å². The lowest BCUT2D eigenvalue weighted by Crippen LogP contribution is -2.25. The van der Waals surface area contributed by atoms with E-state index in [-0.39, 0.29) is 6.03 Å². The van der Waals surface area contributed by atoms with Crippen molar-refractivity contribution in [1.29, 1.82) is 0 Å². The monoisotopic (exact) mass is 334 g/mol. The summed E-state index contributed by atoms with van der Waals surface area (Å²) in [6.45, 7) is 3.89. The van der Waals surface area contributed by atoms with Crippen LogP contribution in [-0.4, -0.2) is 27.7 Å². The van der Waals surface area contributed by atoms with Crippen molar-refractivity contribution in [2.24, 2.45) is 5.10 Å². The molecule has 3 aromatic rings. The number of aromatic nitrogens is 3. The summed E-state index contributed by atoms with van der Waals surface area (Å²) in [5, 5.41) is 17.2. The van der Waals surface area contributed by atoms with Gasteiger partial charge in [-0.05, 0) is 30.5 Å². The quantitative estimate of drug-likeness (QED) is 0.505. The minimum atomic E-state index is -0.382. The van der Waals surface area contributed by atoms with Gasteiger partial charge in [0.05, 0.1) is 12.4 Å². The summed E-state index contributed by atoms with van der Waals surface area (Å²) in [6, 6.07) is 13.1. The lowest BCUT2D eigenvalue weighted by atomic mass is 10.1. The van der Waals surface area contributed by atoms with Crippen molar-refractivity contribution in [3.8, 4) is 11.3 Å². The zero-order chi connectivity index (χ0) is 17.6. The second-order valence-electron chi connectivity index (χ2n) is 5.57. The van der Waals surface area contributed by atoms with E-state index in [0.717, 1.165) is 33.6 Å². The molecule has 126 valence electrons. The zero-order valence-electron chi connectivity index (χ0n) is 13.9. The predicted octanol–water partition coefficient (Wildman–Crippen LogP) is 3.24. The number of rotatable bonds is 4. The lowest BCUT2D eigenvalue weighted by Gasteiger charge is -2.10. The van der Waals surface area contributed by atoms with Gasteiger partial charge in [0.2, 0.25) is 0 Å². The summed E-state index contributed by atoms with van der Waals surface area (Å²) in [5.74, 6) is 0. The third-order valence-electron chi connectivity index (χ3n) is 3.72. The highest BCUT2D eigenvalue weighted by molar-refractivity contribution is 5.92. The Balaban J connectivity index is 1.58. The SMILES string of the molecule is Cc1cccc(C)c1NC(=O)N/N=C/c1ccc(-c2cn[nH]n2)cc1. The number of hydrogen-bond acceptors (Lipinski definition) is 4. The number of aryl methyl sites for hydroxylation is 2. The molecule has 1 aromatic heterocycles. The summed E-state index contributed by atoms with van der Waals surface area (Å²) < 4.78 is 0. The van der Waals surface area contributed by atoms with E-state index >= 15 is 0 Å². The molecule has 25 heavy (non-hydrogen) atoms. The van der Waals surface area contributed by atoms with E-state index in [1.54, 1.807) is 12.4 Å². The fourth-order valence-corrected chi connectivity index (χ4v) is 2.40. The van der Waals surface area contributed by atoms with Crippen molar-refractivity contribution in [3.05, 3.63) is 65.4 Å². The van der Waals surface area contributed by atoms with Crippen LogP contribution in [0, 0.1) is 13.8 Å². The van der Waals surface area contributed by atoms with Crippen LogP contribution in [-0.2, 0) is 0 Å². The van der Waals surface area contributed by atoms with Crippen molar-refractivity contribution in [1.82, 2.24) is 20.8 Å². The molecule has 0 fully saturated rings. The first-order valence-corrected chi connectivity index (χ1v) is 7.76. The molecule has 2 aromatic carbocycles. The molecule has 0 aliphatic heterocycles. The van der Waals surface area contributed by atoms with Gasteiger partial charge < -0.3 is 5.32 Å². The van der Waals surface area contributed by atoms with Gasteiger partial charge in [0.1, 0.15) is 5.69 Å². The summed E-state index contributed by atoms with van der Waals surface area (Å²) in [6.07, 6.45) is 3.24. The number of amides is 2. The van der Waals surface area contributed by atoms with Crippen LogP contribution < -0.4 is 10.7 Å². The number of anilines is 1. The van der Waals surface area contributed by atoms with Crippen molar-refractivity contribution < 1.29 is 4.79 Å². The molecule has 0 atom stereocenters. The van der Waals surface area contributed by atoms with Crippen LogP contribution in [0.15, 0.2) is 53.8 Å². The molecule has 2 amide bonds. The maximum atomic E-state index is 12.0. The van der Waals surface area contributed by atoms with Gasteiger partial charge in [-0.25, -0.2) is 10.2 Å². The number of para-hydroxylation sites is 1. The van der Waals surface area contributed by atoms with Gasteiger partial charge >= 0.3 is 6.03 Å². The summed E-state index contributed by atoms with van der Waals surface area (Å²) in [4.78, 5) is 12.0. The van der Waals surface area contributed by atoms with Crippen LogP contribution >= 0.6 is 0 Å². The zero-order valence-corrected chi connectivity index (χ0v) is 13.9. The molecule has 7 nitrogen and oxygen atoms in total. The minimum Gasteiger partial charge on any atom is -0.306 e. The number of hydrogen-bond donors (Lipinski definition) is 3. The number of nitrogens with one attached hydrogen (secondary N) is 3. The van der Waals surface area contributed by atoms with Gasteiger partial charge in [0.25, 0.3) is 0 Å². The molecule has 3 rings (SSSR count). The molecule has 0 unspecified atom stereocenters. The Bertz CT molecular complexity index is 864. The minimum absolute atomic E-state index is 0.382. The Labute approximate surface area is 145 Å². The average molecular weight is 334 g/mol. The van der Waals surface area contributed by atoms with Gasteiger partial charge in [0, 0.05) is 11.3 Å². The number of nitrogens with zero attached hydrogens (tertiary/aromatic N) is 3. The fraction of sp³-hybridized carbons (Fsp3) is 0.111. The normalized spacial score (nSPS) is 10.8. The third kappa shape index (κ3) is 4.08. The Kier molecular flexibility index (Phi) is 4.84. The molecular formula is C18H18N6O. The Hall–Kier alpha value is -3.48. The van der Waals surface area contributed by atoms with E-state index in [0.29, 0.717) is 0 Å². The topological polar surface area (TPSA) is 95.1 Å². The van der Waals surface area contributed by atoms with Gasteiger partial charge in [0.15, 0.2) is 0 Å². The number of carbonyl (C=O) groups is 1. The van der Waals surface area contributed by atoms with Gasteiger partial charge in [-0.3, -0.25) is 0 Å². The first-order valence-electron chi connectivity index (χ1n) is 7.76. The Morgan fingerprint density at radius 3 is 2.48 bits per heavy atom. The standard InChI is InChI=1S/C18H18N6O/c1-12-4-3-5-13(2)17(12)21-18(25)23-19-10-14-6-8-15(9-7-14)16-11-20-24-22-16/h3-11H,1-2H3,(H,20,22,24)(H2,21,23,25)/b19-10+. The molecule has 0 radical (unpaired) electrons. The average Bonchev–Trinajstić information content (AvgIpc) is 3.13. The van der Waals surface area contributed by atoms with E-state index in [4.69, 9.17) is 0 Å². The van der Waals surface area contributed by atoms with Crippen LogP contribution in [0.1, 0.15) is 16.7 Å². The second kappa shape index (κ2) is 7.39. The maximum absolute atomic E-state index is 12.0. The fourth-order valence-electron chi connectivity index (χ4n) is 2.40. The molecule has 7 heteroatoms. The van der Waals surface area contributed by atoms with Crippen molar-refractivity contribution in [2.45, 2.75) is 13.8 Å². The van der Waals surface area contributed by atoms with E-state index in [1.165, 1.54) is 0 Å². The van der Waals surface area contributed by atoms with Crippen LogP contribution in [0.25, 0.3) is 11.3 Å². The molecule has 0 spiro atoms. The lowest BCUT2D eigenvalue weighted by molar-refractivity contribution is 0.252. The third-order valence-corrected chi connectivity index (χ3v) is 3.72.